The molecule has 1 unspecified atom stereocenters. The molecule has 0 spiro atoms. The van der Waals surface area contributed by atoms with Crippen LogP contribution in [0.1, 0.15) is 28.4 Å². The molecular formula is C36H33N5O2S. The Kier molecular flexibility index (Phi) is 8.09. The number of carbonyl (C=O) groups excluding carboxylic acids is 1. The number of rotatable bonds is 4. The van der Waals surface area contributed by atoms with Crippen molar-refractivity contribution in [2.75, 3.05) is 39.8 Å². The normalized spacial score (nSPS) is 18.5. The minimum Gasteiger partial charge on any atom is -0.441 e. The molecule has 7 rings (SSSR count). The van der Waals surface area contributed by atoms with Crippen LogP contribution in [0.4, 0.5) is 11.4 Å². The molecule has 0 aliphatic carbocycles. The molecule has 3 heterocycles. The predicted molar refractivity (Wildman–Crippen MR) is 178 cm³/mol. The summed E-state index contributed by atoms with van der Waals surface area (Å²) < 4.78 is 6.26. The highest BCUT2D eigenvalue weighted by molar-refractivity contribution is 7.99. The molecule has 1 atom stereocenters. The van der Waals surface area contributed by atoms with E-state index in [1.807, 2.05) is 59.1 Å². The number of hydrogen-bond donors (Lipinski definition) is 0. The molecule has 44 heavy (non-hydrogen) atoms. The summed E-state index contributed by atoms with van der Waals surface area (Å²) in [6, 6.07) is 34.7. The van der Waals surface area contributed by atoms with Crippen molar-refractivity contribution in [3.05, 3.63) is 120 Å². The number of hydrogen-bond acceptors (Lipinski definition) is 7. The Morgan fingerprint density at radius 2 is 1.50 bits per heavy atom. The van der Waals surface area contributed by atoms with Crippen LogP contribution in [0.2, 0.25) is 0 Å². The molecule has 4 aromatic carbocycles. The number of aliphatic imine (C=N–C) groups is 3. The maximum absolute atomic E-state index is 13.5. The number of piperazine rings is 1. The number of para-hydroxylation sites is 2. The first-order valence-corrected chi connectivity index (χ1v) is 15.8. The van der Waals surface area contributed by atoms with E-state index in [1.165, 1.54) is 10.5 Å². The van der Waals surface area contributed by atoms with Crippen LogP contribution in [-0.4, -0.2) is 72.8 Å². The number of likely N-dealkylation sites (N-methyl/N-ethyl adjacent to an activating group) is 1. The van der Waals surface area contributed by atoms with Gasteiger partial charge in [-0.3, -0.25) is 14.8 Å². The van der Waals surface area contributed by atoms with Gasteiger partial charge in [0.15, 0.2) is 0 Å². The molecule has 0 N–H and O–H groups in total. The van der Waals surface area contributed by atoms with Crippen LogP contribution < -0.4 is 4.74 Å². The maximum Gasteiger partial charge on any atom is 0.272 e. The van der Waals surface area contributed by atoms with Gasteiger partial charge in [-0.1, -0.05) is 60.7 Å². The highest BCUT2D eigenvalue weighted by Crippen LogP contribution is 2.45. The average molecular weight is 600 g/mol. The van der Waals surface area contributed by atoms with E-state index in [9.17, 15) is 4.79 Å². The smallest absolute Gasteiger partial charge is 0.272 e. The van der Waals surface area contributed by atoms with Crippen molar-refractivity contribution in [1.29, 1.82) is 0 Å². The monoisotopic (exact) mass is 599 g/mol. The first kappa shape index (κ1) is 28.3. The Hall–Kier alpha value is -4.53. The van der Waals surface area contributed by atoms with E-state index in [1.54, 1.807) is 0 Å². The Balaban J connectivity index is 1.12. The minimum absolute atomic E-state index is 0.0518. The van der Waals surface area contributed by atoms with E-state index in [0.717, 1.165) is 42.0 Å². The van der Waals surface area contributed by atoms with Gasteiger partial charge in [-0.15, -0.1) is 11.8 Å². The molecule has 8 heteroatoms. The lowest BCUT2D eigenvalue weighted by Crippen LogP contribution is -2.49. The molecule has 0 bridgehead atoms. The summed E-state index contributed by atoms with van der Waals surface area (Å²) in [5.74, 6) is 1.06. The van der Waals surface area contributed by atoms with Gasteiger partial charge in [0, 0.05) is 54.0 Å². The summed E-state index contributed by atoms with van der Waals surface area (Å²) in [4.78, 5) is 33.5. The lowest BCUT2D eigenvalue weighted by molar-refractivity contribution is -0.125. The molecule has 1 amide bonds. The lowest BCUT2D eigenvalue weighted by atomic mass is 10.0. The fraction of sp³-hybridized carbons (Fsp3) is 0.222. The van der Waals surface area contributed by atoms with Gasteiger partial charge in [0.1, 0.15) is 18.0 Å². The van der Waals surface area contributed by atoms with Gasteiger partial charge in [-0.2, -0.15) is 0 Å². The van der Waals surface area contributed by atoms with E-state index >= 15 is 0 Å². The van der Waals surface area contributed by atoms with Crippen LogP contribution in [-0.2, 0) is 4.79 Å². The van der Waals surface area contributed by atoms with Crippen molar-refractivity contribution in [2.45, 2.75) is 16.6 Å². The quantitative estimate of drug-likeness (QED) is 0.261. The third kappa shape index (κ3) is 6.09. The number of thioether (sulfide) groups is 1. The first-order valence-electron chi connectivity index (χ1n) is 15.0. The van der Waals surface area contributed by atoms with Crippen LogP contribution in [0.3, 0.4) is 0 Å². The topological polar surface area (TPSA) is 69.9 Å². The largest absolute Gasteiger partial charge is 0.441 e. The van der Waals surface area contributed by atoms with Crippen molar-refractivity contribution in [2.24, 2.45) is 15.0 Å². The lowest BCUT2D eigenvalue weighted by Gasteiger charge is -2.32. The first-order chi connectivity index (χ1) is 21.6. The van der Waals surface area contributed by atoms with Gasteiger partial charge in [-0.25, -0.2) is 4.99 Å². The molecule has 3 aliphatic rings. The predicted octanol–water partition coefficient (Wildman–Crippen LogP) is 6.73. The van der Waals surface area contributed by atoms with Crippen molar-refractivity contribution < 1.29 is 9.53 Å². The Morgan fingerprint density at radius 1 is 0.795 bits per heavy atom. The molecule has 0 saturated carbocycles. The molecule has 4 aromatic rings. The second-order valence-electron chi connectivity index (χ2n) is 11.2. The van der Waals surface area contributed by atoms with Gasteiger partial charge in [-0.05, 0) is 60.6 Å². The summed E-state index contributed by atoms with van der Waals surface area (Å²) >= 11 is 1.87. The van der Waals surface area contributed by atoms with E-state index in [2.05, 4.69) is 72.6 Å². The number of ether oxygens (including phenoxy) is 1. The van der Waals surface area contributed by atoms with Crippen LogP contribution in [0.5, 0.6) is 5.75 Å². The fourth-order valence-corrected chi connectivity index (χ4v) is 6.90. The summed E-state index contributed by atoms with van der Waals surface area (Å²) in [5, 5.41) is 0.260. The van der Waals surface area contributed by atoms with Gasteiger partial charge < -0.3 is 14.5 Å². The number of carbonyl (C=O) groups is 1. The number of benzene rings is 4. The molecule has 220 valence electrons. The van der Waals surface area contributed by atoms with Crippen LogP contribution in [0.15, 0.2) is 123 Å². The Labute approximate surface area is 262 Å². The fourth-order valence-electron chi connectivity index (χ4n) is 5.67. The van der Waals surface area contributed by atoms with Crippen LogP contribution >= 0.6 is 11.8 Å². The highest BCUT2D eigenvalue weighted by Gasteiger charge is 2.28. The third-order valence-electron chi connectivity index (χ3n) is 8.13. The SMILES string of the molecule is CN1CCN(C(=O)C2=NCC(Oc3ccc(C4=Nc5ccccc5SC(c5ccccc5)C4)cc3)=Nc3ccccc32)CC1. The minimum atomic E-state index is -0.0518. The van der Waals surface area contributed by atoms with E-state index < -0.39 is 0 Å². The number of amides is 1. The van der Waals surface area contributed by atoms with Gasteiger partial charge in [0.2, 0.25) is 5.90 Å². The standard InChI is InChI=1S/C36H33N5O2S/c1-40-19-21-41(22-20-40)36(42)35-28-11-5-6-12-29(28)39-34(24-37-35)43-27-17-15-25(16-18-27)31-23-33(26-9-3-2-4-10-26)44-32-14-8-7-13-30(32)38-31/h2-18,33H,19-24H2,1H3. The van der Waals surface area contributed by atoms with E-state index in [4.69, 9.17) is 19.7 Å². The molecule has 1 saturated heterocycles. The second-order valence-corrected chi connectivity index (χ2v) is 12.4. The van der Waals surface area contributed by atoms with Gasteiger partial charge in [0.25, 0.3) is 5.91 Å². The maximum atomic E-state index is 13.5. The highest BCUT2D eigenvalue weighted by atomic mass is 32.2. The number of fused-ring (bicyclic) bond motifs is 2. The molecule has 3 aliphatic heterocycles. The molecular weight excluding hydrogens is 566 g/mol. The molecule has 1 fully saturated rings. The summed E-state index contributed by atoms with van der Waals surface area (Å²) in [6.07, 6.45) is 0.811. The van der Waals surface area contributed by atoms with Gasteiger partial charge in [0.05, 0.1) is 11.4 Å². The van der Waals surface area contributed by atoms with Crippen molar-refractivity contribution in [3.63, 3.8) is 0 Å². The third-order valence-corrected chi connectivity index (χ3v) is 9.46. The Morgan fingerprint density at radius 3 is 2.30 bits per heavy atom. The zero-order valence-electron chi connectivity index (χ0n) is 24.6. The molecule has 0 radical (unpaired) electrons. The van der Waals surface area contributed by atoms with Gasteiger partial charge >= 0.3 is 0 Å². The second kappa shape index (κ2) is 12.6. The summed E-state index contributed by atoms with van der Waals surface area (Å²) in [5.41, 5.74) is 6.26. The Bertz CT molecular complexity index is 1760. The van der Waals surface area contributed by atoms with Crippen molar-refractivity contribution in [1.82, 2.24) is 9.80 Å². The molecule has 7 nitrogen and oxygen atoms in total. The average Bonchev–Trinajstić information content (AvgIpc) is 3.38. The number of nitrogens with zero attached hydrogens (tertiary/aromatic N) is 5. The zero-order chi connectivity index (χ0) is 29.9. The summed E-state index contributed by atoms with van der Waals surface area (Å²) in [7, 11) is 2.08. The summed E-state index contributed by atoms with van der Waals surface area (Å²) in [6.45, 7) is 3.27. The molecule has 0 aromatic heterocycles. The van der Waals surface area contributed by atoms with Crippen molar-refractivity contribution >= 4 is 46.4 Å². The van der Waals surface area contributed by atoms with E-state index in [0.29, 0.717) is 36.1 Å². The van der Waals surface area contributed by atoms with Crippen LogP contribution in [0, 0.1) is 0 Å². The van der Waals surface area contributed by atoms with Crippen LogP contribution in [0.25, 0.3) is 0 Å². The van der Waals surface area contributed by atoms with Crippen molar-refractivity contribution in [3.8, 4) is 5.75 Å². The van der Waals surface area contributed by atoms with E-state index in [-0.39, 0.29) is 17.7 Å². The zero-order valence-corrected chi connectivity index (χ0v) is 25.4.